The number of aliphatic hydroxyl groups excluding tert-OH is 1. The van der Waals surface area contributed by atoms with Crippen LogP contribution in [-0.2, 0) is 0 Å². The van der Waals surface area contributed by atoms with Crippen molar-refractivity contribution >= 4 is 28.2 Å². The van der Waals surface area contributed by atoms with Crippen LogP contribution in [0.2, 0.25) is 0 Å². The number of fused-ring (bicyclic) bond motifs is 1. The van der Waals surface area contributed by atoms with Gasteiger partial charge in [-0.3, -0.25) is 4.79 Å². The van der Waals surface area contributed by atoms with Gasteiger partial charge in [-0.05, 0) is 25.2 Å². The second-order valence-corrected chi connectivity index (χ2v) is 7.93. The van der Waals surface area contributed by atoms with Crippen LogP contribution in [0.15, 0.2) is 11.0 Å². The molecule has 8 nitrogen and oxygen atoms in total. The Kier molecular flexibility index (Phi) is 4.65. The zero-order chi connectivity index (χ0) is 21.0. The molecule has 0 radical (unpaired) electrons. The van der Waals surface area contributed by atoms with Crippen LogP contribution in [0.4, 0.5) is 15.8 Å². The highest BCUT2D eigenvalue weighted by Gasteiger charge is 2.35. The van der Waals surface area contributed by atoms with Crippen molar-refractivity contribution < 1.29 is 24.1 Å². The Hall–Kier alpha value is -2.81. The Morgan fingerprint density at radius 1 is 1.34 bits per heavy atom. The summed E-state index contributed by atoms with van der Waals surface area (Å²) >= 11 is 0. The number of aromatic nitrogens is 1. The fourth-order valence-electron chi connectivity index (χ4n) is 4.17. The number of ether oxygens (including phenoxy) is 1. The van der Waals surface area contributed by atoms with E-state index in [1.54, 1.807) is 9.47 Å². The minimum atomic E-state index is -1.38. The van der Waals surface area contributed by atoms with Crippen molar-refractivity contribution in [2.24, 2.45) is 5.92 Å². The Morgan fingerprint density at radius 3 is 2.59 bits per heavy atom. The monoisotopic (exact) mass is 405 g/mol. The summed E-state index contributed by atoms with van der Waals surface area (Å²) < 4.78 is 22.7. The molecule has 1 aliphatic heterocycles. The molecule has 0 bridgehead atoms. The van der Waals surface area contributed by atoms with Crippen LogP contribution in [0.1, 0.15) is 42.6 Å². The van der Waals surface area contributed by atoms with Crippen LogP contribution in [-0.4, -0.2) is 47.1 Å². The van der Waals surface area contributed by atoms with Crippen LogP contribution < -0.4 is 20.8 Å². The molecule has 4 rings (SSSR count). The van der Waals surface area contributed by atoms with Gasteiger partial charge in [-0.1, -0.05) is 6.92 Å². The molecule has 2 aromatic rings. The third kappa shape index (κ3) is 3.00. The number of carboxylic acid groups (broad SMARTS) is 1. The second-order valence-electron chi connectivity index (χ2n) is 7.93. The lowest BCUT2D eigenvalue weighted by atomic mass is 9.95. The zero-order valence-electron chi connectivity index (χ0n) is 16.3. The molecule has 2 atom stereocenters. The molecule has 4 N–H and O–H groups in total. The van der Waals surface area contributed by atoms with E-state index in [1.807, 2.05) is 6.92 Å². The quantitative estimate of drug-likeness (QED) is 0.666. The number of carbonyl (C=O) groups is 1. The lowest BCUT2D eigenvalue weighted by molar-refractivity contribution is 0.0694. The van der Waals surface area contributed by atoms with Crippen molar-refractivity contribution in [2.45, 2.75) is 38.3 Å². The summed E-state index contributed by atoms with van der Waals surface area (Å²) in [6.45, 7) is 2.69. The molecule has 2 fully saturated rings. The number of carboxylic acids is 1. The molecule has 9 heteroatoms. The summed E-state index contributed by atoms with van der Waals surface area (Å²) in [5.41, 5.74) is 4.87. The Balaban J connectivity index is 2.06. The fourth-order valence-corrected chi connectivity index (χ4v) is 4.17. The molecule has 0 spiro atoms. The average molecular weight is 405 g/mol. The number of benzene rings is 1. The second kappa shape index (κ2) is 6.91. The van der Waals surface area contributed by atoms with Gasteiger partial charge in [-0.25, -0.2) is 9.18 Å². The number of rotatable bonds is 4. The zero-order valence-corrected chi connectivity index (χ0v) is 16.3. The van der Waals surface area contributed by atoms with E-state index in [1.165, 1.54) is 13.3 Å². The number of aliphatic hydroxyl groups is 1. The number of nitrogen functional groups attached to an aromatic ring is 1. The van der Waals surface area contributed by atoms with Gasteiger partial charge in [-0.2, -0.15) is 0 Å². The van der Waals surface area contributed by atoms with Gasteiger partial charge >= 0.3 is 5.97 Å². The van der Waals surface area contributed by atoms with Crippen molar-refractivity contribution in [2.75, 3.05) is 30.8 Å². The standard InChI is InChI=1S/C20H24FN3O5/c1-9-7-23(6-5-12(9)25)17-14(21)15(22)13-16(19(17)29-2)24(10-3-4-10)8-11(18(13)26)20(27)28/h8-10,12,25H,3-7,22H2,1-2H3,(H,27,28)/t9-,12-/m0/s1. The van der Waals surface area contributed by atoms with Gasteiger partial charge in [0.25, 0.3) is 0 Å². The average Bonchev–Trinajstić information content (AvgIpc) is 3.51. The highest BCUT2D eigenvalue weighted by Crippen LogP contribution is 2.46. The van der Waals surface area contributed by atoms with E-state index in [4.69, 9.17) is 10.5 Å². The fraction of sp³-hybridized carbons (Fsp3) is 0.500. The van der Waals surface area contributed by atoms with Crippen molar-refractivity contribution in [3.63, 3.8) is 0 Å². The predicted molar refractivity (Wildman–Crippen MR) is 106 cm³/mol. The SMILES string of the molecule is COc1c(N2CC[C@H](O)[C@@H](C)C2)c(F)c(N)c2c(=O)c(C(=O)O)cn(C3CC3)c12. The predicted octanol–water partition coefficient (Wildman–Crippen LogP) is 1.97. The number of aromatic carboxylic acids is 1. The number of hydrogen-bond donors (Lipinski definition) is 3. The van der Waals surface area contributed by atoms with Gasteiger partial charge in [0.05, 0.1) is 29.8 Å². The lowest BCUT2D eigenvalue weighted by Crippen LogP contribution is -2.42. The van der Waals surface area contributed by atoms with Gasteiger partial charge in [0, 0.05) is 25.3 Å². The summed E-state index contributed by atoms with van der Waals surface area (Å²) in [4.78, 5) is 26.2. The van der Waals surface area contributed by atoms with Crippen molar-refractivity contribution in [3.8, 4) is 5.75 Å². The van der Waals surface area contributed by atoms with Gasteiger partial charge in [0.15, 0.2) is 11.6 Å². The third-order valence-electron chi connectivity index (χ3n) is 5.93. The van der Waals surface area contributed by atoms with Crippen LogP contribution in [0.25, 0.3) is 10.9 Å². The largest absolute Gasteiger partial charge is 0.492 e. The van der Waals surface area contributed by atoms with E-state index >= 15 is 4.39 Å². The highest BCUT2D eigenvalue weighted by atomic mass is 19.1. The molecule has 1 saturated heterocycles. The first-order valence-corrected chi connectivity index (χ1v) is 9.66. The molecule has 2 heterocycles. The number of halogens is 1. The number of nitrogens with two attached hydrogens (primary N) is 1. The maximum Gasteiger partial charge on any atom is 0.341 e. The lowest BCUT2D eigenvalue weighted by Gasteiger charge is -2.37. The van der Waals surface area contributed by atoms with E-state index < -0.39 is 28.9 Å². The van der Waals surface area contributed by atoms with E-state index in [0.29, 0.717) is 25.0 Å². The van der Waals surface area contributed by atoms with Gasteiger partial charge < -0.3 is 30.2 Å². The third-order valence-corrected chi connectivity index (χ3v) is 5.93. The molecule has 29 heavy (non-hydrogen) atoms. The van der Waals surface area contributed by atoms with E-state index in [2.05, 4.69) is 0 Å². The molecular formula is C20H24FN3O5. The van der Waals surface area contributed by atoms with Gasteiger partial charge in [0.2, 0.25) is 5.43 Å². The molecule has 2 aliphatic rings. The number of piperidine rings is 1. The maximum absolute atomic E-state index is 15.4. The number of anilines is 2. The smallest absolute Gasteiger partial charge is 0.341 e. The number of nitrogens with zero attached hydrogens (tertiary/aromatic N) is 2. The molecule has 1 aromatic heterocycles. The van der Waals surface area contributed by atoms with Crippen molar-refractivity contribution in [1.82, 2.24) is 4.57 Å². The van der Waals surface area contributed by atoms with Crippen LogP contribution in [0.5, 0.6) is 5.75 Å². The number of pyridine rings is 1. The Labute approximate surface area is 166 Å². The Morgan fingerprint density at radius 2 is 2.03 bits per heavy atom. The van der Waals surface area contributed by atoms with Gasteiger partial charge in [-0.15, -0.1) is 0 Å². The molecule has 156 valence electrons. The van der Waals surface area contributed by atoms with Crippen LogP contribution in [0.3, 0.4) is 0 Å². The first-order chi connectivity index (χ1) is 13.8. The molecule has 1 aromatic carbocycles. The van der Waals surface area contributed by atoms with E-state index in [9.17, 15) is 19.8 Å². The van der Waals surface area contributed by atoms with Crippen molar-refractivity contribution in [1.29, 1.82) is 0 Å². The van der Waals surface area contributed by atoms with E-state index in [-0.39, 0.29) is 34.5 Å². The summed E-state index contributed by atoms with van der Waals surface area (Å²) in [5, 5.41) is 19.3. The topological polar surface area (TPSA) is 118 Å². The first kappa shape index (κ1) is 19.5. The highest BCUT2D eigenvalue weighted by molar-refractivity contribution is 6.03. The number of hydrogen-bond acceptors (Lipinski definition) is 6. The molecule has 0 amide bonds. The van der Waals surface area contributed by atoms with Crippen LogP contribution >= 0.6 is 0 Å². The van der Waals surface area contributed by atoms with Gasteiger partial charge in [0.1, 0.15) is 11.3 Å². The van der Waals surface area contributed by atoms with E-state index in [0.717, 1.165) is 12.8 Å². The molecular weight excluding hydrogens is 381 g/mol. The number of methoxy groups -OCH3 is 1. The summed E-state index contributed by atoms with van der Waals surface area (Å²) in [6.07, 6.45) is 2.94. The molecule has 1 saturated carbocycles. The maximum atomic E-state index is 15.4. The normalized spacial score (nSPS) is 22.1. The minimum Gasteiger partial charge on any atom is -0.492 e. The Bertz CT molecular complexity index is 1060. The summed E-state index contributed by atoms with van der Waals surface area (Å²) in [6, 6.07) is 0.00455. The summed E-state index contributed by atoms with van der Waals surface area (Å²) in [7, 11) is 1.39. The summed E-state index contributed by atoms with van der Waals surface area (Å²) in [5.74, 6) is -2.10. The first-order valence-electron chi connectivity index (χ1n) is 9.66. The molecule has 0 unspecified atom stereocenters. The minimum absolute atomic E-state index is 0.00455. The molecule has 1 aliphatic carbocycles. The van der Waals surface area contributed by atoms with Crippen molar-refractivity contribution in [3.05, 3.63) is 27.8 Å². The van der Waals surface area contributed by atoms with Crippen LogP contribution in [0, 0.1) is 11.7 Å².